The molecule has 2 heteroatoms. The minimum atomic E-state index is 0.450. The molecule has 13 heavy (non-hydrogen) atoms. The maximum absolute atomic E-state index is 3.76. The van der Waals surface area contributed by atoms with Gasteiger partial charge in [-0.1, -0.05) is 20.8 Å². The minimum Gasteiger partial charge on any atom is -0.301 e. The molecule has 0 bridgehead atoms. The van der Waals surface area contributed by atoms with Crippen molar-refractivity contribution in [2.45, 2.75) is 50.2 Å². The van der Waals surface area contributed by atoms with Gasteiger partial charge in [0.1, 0.15) is 0 Å². The second-order valence-corrected chi connectivity index (χ2v) is 6.75. The second-order valence-electron chi connectivity index (χ2n) is 4.98. The van der Waals surface area contributed by atoms with Gasteiger partial charge in [0.15, 0.2) is 0 Å². The first-order chi connectivity index (χ1) is 6.12. The summed E-state index contributed by atoms with van der Waals surface area (Å²) < 4.78 is 0. The molecule has 1 saturated heterocycles. The second kappa shape index (κ2) is 3.47. The van der Waals surface area contributed by atoms with Crippen LogP contribution in [-0.4, -0.2) is 16.7 Å². The van der Waals surface area contributed by atoms with Crippen LogP contribution in [0.3, 0.4) is 0 Å². The highest BCUT2D eigenvalue weighted by molar-refractivity contribution is 8.01. The molecule has 76 valence electrons. The maximum Gasteiger partial charge on any atom is 0.0674 e. The fraction of sp³-hybridized carbons (Fsp3) is 1.00. The Hall–Kier alpha value is 0.310. The van der Waals surface area contributed by atoms with Crippen molar-refractivity contribution in [1.29, 1.82) is 0 Å². The van der Waals surface area contributed by atoms with Gasteiger partial charge in [-0.2, -0.15) is 0 Å². The van der Waals surface area contributed by atoms with E-state index in [4.69, 9.17) is 0 Å². The summed E-state index contributed by atoms with van der Waals surface area (Å²) in [4.78, 5) is 0.450. The Labute approximate surface area is 86.0 Å². The summed E-state index contributed by atoms with van der Waals surface area (Å²) in [5, 5.41) is 4.57. The monoisotopic (exact) mass is 199 g/mol. The van der Waals surface area contributed by atoms with Crippen LogP contribution < -0.4 is 5.32 Å². The number of hydrogen-bond acceptors (Lipinski definition) is 2. The normalized spacial score (nSPS) is 51.5. The highest BCUT2D eigenvalue weighted by atomic mass is 32.2. The first-order valence-corrected chi connectivity index (χ1v) is 6.43. The first-order valence-electron chi connectivity index (χ1n) is 5.55. The number of hydrogen-bond donors (Lipinski definition) is 1. The van der Waals surface area contributed by atoms with E-state index in [0.717, 1.165) is 17.1 Å². The van der Waals surface area contributed by atoms with E-state index in [1.165, 1.54) is 25.8 Å². The summed E-state index contributed by atoms with van der Waals surface area (Å²) in [5.41, 5.74) is 0. The number of thioether (sulfide) groups is 1. The molecule has 1 N–H and O–H groups in total. The zero-order valence-corrected chi connectivity index (χ0v) is 9.79. The lowest BCUT2D eigenvalue weighted by Crippen LogP contribution is -2.46. The van der Waals surface area contributed by atoms with E-state index in [9.17, 15) is 0 Å². The van der Waals surface area contributed by atoms with E-state index < -0.39 is 0 Å². The van der Waals surface area contributed by atoms with Gasteiger partial charge in [0.2, 0.25) is 0 Å². The third-order valence-electron chi connectivity index (χ3n) is 3.66. The fourth-order valence-electron chi connectivity index (χ4n) is 2.82. The Balaban J connectivity index is 2.06. The molecule has 2 rings (SSSR count). The summed E-state index contributed by atoms with van der Waals surface area (Å²) in [7, 11) is 0. The molecular formula is C11H21NS. The average molecular weight is 199 g/mol. The molecule has 4 unspecified atom stereocenters. The smallest absolute Gasteiger partial charge is 0.0674 e. The summed E-state index contributed by atoms with van der Waals surface area (Å²) in [5.74, 6) is 1.80. The van der Waals surface area contributed by atoms with E-state index in [1.807, 2.05) is 0 Å². The molecule has 1 saturated carbocycles. The van der Waals surface area contributed by atoms with Crippen molar-refractivity contribution >= 4 is 11.8 Å². The van der Waals surface area contributed by atoms with E-state index >= 15 is 0 Å². The molecule has 0 aromatic carbocycles. The van der Waals surface area contributed by atoms with Gasteiger partial charge in [0.25, 0.3) is 0 Å². The lowest BCUT2D eigenvalue weighted by Gasteiger charge is -2.41. The van der Waals surface area contributed by atoms with Gasteiger partial charge < -0.3 is 5.32 Å². The molecule has 1 aliphatic heterocycles. The van der Waals surface area contributed by atoms with Crippen molar-refractivity contribution in [1.82, 2.24) is 5.32 Å². The summed E-state index contributed by atoms with van der Waals surface area (Å²) in [6.07, 6.45) is 4.20. The van der Waals surface area contributed by atoms with Crippen LogP contribution in [0.5, 0.6) is 0 Å². The Morgan fingerprint density at radius 1 is 1.31 bits per heavy atom. The lowest BCUT2D eigenvalue weighted by molar-refractivity contribution is 0.211. The van der Waals surface area contributed by atoms with Crippen LogP contribution >= 0.6 is 11.8 Å². The Morgan fingerprint density at radius 3 is 2.62 bits per heavy atom. The van der Waals surface area contributed by atoms with Gasteiger partial charge in [-0.3, -0.25) is 0 Å². The summed E-state index contributed by atoms with van der Waals surface area (Å²) >= 11 is 2.19. The topological polar surface area (TPSA) is 12.0 Å². The molecule has 0 amide bonds. The molecule has 2 aliphatic rings. The summed E-state index contributed by atoms with van der Waals surface area (Å²) in [6, 6.07) is 0. The molecule has 2 fully saturated rings. The van der Waals surface area contributed by atoms with E-state index in [0.29, 0.717) is 4.87 Å². The molecule has 1 nitrogen and oxygen atoms in total. The first kappa shape index (κ1) is 9.85. The maximum atomic E-state index is 3.76. The molecule has 1 aliphatic carbocycles. The number of rotatable bonds is 0. The molecule has 1 heterocycles. The quantitative estimate of drug-likeness (QED) is 0.644. The largest absolute Gasteiger partial charge is 0.301 e. The molecular weight excluding hydrogens is 178 g/mol. The van der Waals surface area contributed by atoms with Crippen LogP contribution in [-0.2, 0) is 0 Å². The predicted octanol–water partition coefficient (Wildman–Crippen LogP) is 2.86. The Kier molecular flexibility index (Phi) is 2.63. The highest BCUT2D eigenvalue weighted by Gasteiger charge is 2.44. The molecule has 4 atom stereocenters. The highest BCUT2D eigenvalue weighted by Crippen LogP contribution is 2.48. The third-order valence-corrected chi connectivity index (χ3v) is 5.40. The van der Waals surface area contributed by atoms with Gasteiger partial charge >= 0.3 is 0 Å². The third kappa shape index (κ3) is 1.75. The number of nitrogens with one attached hydrogen (secondary N) is 1. The van der Waals surface area contributed by atoms with Crippen molar-refractivity contribution < 1.29 is 0 Å². The van der Waals surface area contributed by atoms with Crippen molar-refractivity contribution in [3.8, 4) is 0 Å². The minimum absolute atomic E-state index is 0.450. The van der Waals surface area contributed by atoms with Crippen molar-refractivity contribution in [2.75, 3.05) is 6.54 Å². The van der Waals surface area contributed by atoms with Crippen molar-refractivity contribution in [3.63, 3.8) is 0 Å². The standard InChI is InChI=1S/C11H21NS/c1-8-4-5-11(9(2)6-8)12-7-10(3)13-11/h8-10,12H,4-7H2,1-3H3. The summed E-state index contributed by atoms with van der Waals surface area (Å²) in [6.45, 7) is 8.38. The zero-order valence-electron chi connectivity index (χ0n) is 8.97. The van der Waals surface area contributed by atoms with Gasteiger partial charge in [-0.25, -0.2) is 0 Å². The predicted molar refractivity (Wildman–Crippen MR) is 60.0 cm³/mol. The van der Waals surface area contributed by atoms with Crippen LogP contribution in [0.15, 0.2) is 0 Å². The van der Waals surface area contributed by atoms with Gasteiger partial charge in [0.05, 0.1) is 4.87 Å². The molecule has 0 radical (unpaired) electrons. The average Bonchev–Trinajstić information content (AvgIpc) is 2.43. The van der Waals surface area contributed by atoms with Crippen LogP contribution in [0, 0.1) is 11.8 Å². The van der Waals surface area contributed by atoms with Gasteiger partial charge in [0, 0.05) is 11.8 Å². The van der Waals surface area contributed by atoms with E-state index in [1.54, 1.807) is 0 Å². The van der Waals surface area contributed by atoms with Crippen LogP contribution in [0.25, 0.3) is 0 Å². The van der Waals surface area contributed by atoms with Crippen molar-refractivity contribution in [2.24, 2.45) is 11.8 Å². The lowest BCUT2D eigenvalue weighted by atomic mass is 9.79. The van der Waals surface area contributed by atoms with Gasteiger partial charge in [-0.05, 0) is 31.1 Å². The molecule has 1 spiro atoms. The van der Waals surface area contributed by atoms with E-state index in [-0.39, 0.29) is 0 Å². The van der Waals surface area contributed by atoms with Crippen LogP contribution in [0.2, 0.25) is 0 Å². The molecule has 0 aromatic rings. The van der Waals surface area contributed by atoms with Crippen LogP contribution in [0.4, 0.5) is 0 Å². The van der Waals surface area contributed by atoms with Crippen LogP contribution in [0.1, 0.15) is 40.0 Å². The SMILES string of the molecule is CC1CCC2(NCC(C)S2)C(C)C1. The fourth-order valence-corrected chi connectivity index (χ4v) is 4.43. The van der Waals surface area contributed by atoms with E-state index in [2.05, 4.69) is 37.8 Å². The zero-order chi connectivity index (χ0) is 9.47. The van der Waals surface area contributed by atoms with Gasteiger partial charge in [-0.15, -0.1) is 11.8 Å². The Morgan fingerprint density at radius 2 is 2.08 bits per heavy atom. The Bertz CT molecular complexity index is 195. The molecule has 0 aromatic heterocycles. The van der Waals surface area contributed by atoms with Crippen molar-refractivity contribution in [3.05, 3.63) is 0 Å².